The van der Waals surface area contributed by atoms with E-state index in [1.807, 2.05) is 12.4 Å². The lowest BCUT2D eigenvalue weighted by Crippen LogP contribution is -2.45. The molecule has 1 aromatic rings. The molecule has 0 saturated carbocycles. The molecule has 1 atom stereocenters. The normalized spacial score (nSPS) is 23.2. The summed E-state index contributed by atoms with van der Waals surface area (Å²) in [5.41, 5.74) is 1.37. The summed E-state index contributed by atoms with van der Waals surface area (Å²) >= 11 is 0. The third-order valence-electron chi connectivity index (χ3n) is 3.73. The molecule has 1 aromatic heterocycles. The maximum absolute atomic E-state index is 5.80. The van der Waals surface area contributed by atoms with Gasteiger partial charge in [-0.15, -0.1) is 0 Å². The first-order chi connectivity index (χ1) is 8.61. The van der Waals surface area contributed by atoms with Gasteiger partial charge in [0.05, 0.1) is 5.60 Å². The van der Waals surface area contributed by atoms with Gasteiger partial charge in [-0.05, 0) is 50.9 Å². The Kier molecular flexibility index (Phi) is 4.36. The highest BCUT2D eigenvalue weighted by Crippen LogP contribution is 2.28. The highest BCUT2D eigenvalue weighted by Gasteiger charge is 2.31. The first-order valence-electron chi connectivity index (χ1n) is 6.87. The lowest BCUT2D eigenvalue weighted by atomic mass is 9.92. The van der Waals surface area contributed by atoms with Crippen molar-refractivity contribution in [2.24, 2.45) is 0 Å². The smallest absolute Gasteiger partial charge is 0.0641 e. The highest BCUT2D eigenvalue weighted by molar-refractivity contribution is 5.09. The summed E-state index contributed by atoms with van der Waals surface area (Å²) < 4.78 is 5.80. The molecule has 0 aromatic carbocycles. The molecule has 2 rings (SSSR count). The molecule has 1 fully saturated rings. The predicted octanol–water partition coefficient (Wildman–Crippen LogP) is 2.86. The zero-order valence-electron chi connectivity index (χ0n) is 11.7. The van der Waals surface area contributed by atoms with Crippen LogP contribution in [-0.2, 0) is 11.3 Å². The zero-order chi connectivity index (χ0) is 13.0. The largest absolute Gasteiger partial charge is 0.375 e. The minimum absolute atomic E-state index is 0.0224. The fourth-order valence-corrected chi connectivity index (χ4v) is 2.73. The average molecular weight is 248 g/mol. The van der Waals surface area contributed by atoms with E-state index < -0.39 is 0 Å². The van der Waals surface area contributed by atoms with Crippen LogP contribution in [0.5, 0.6) is 0 Å². The van der Waals surface area contributed by atoms with Crippen molar-refractivity contribution in [2.75, 3.05) is 13.2 Å². The summed E-state index contributed by atoms with van der Waals surface area (Å²) in [5.74, 6) is 0. The van der Waals surface area contributed by atoms with E-state index in [9.17, 15) is 0 Å². The third kappa shape index (κ3) is 3.53. The van der Waals surface area contributed by atoms with Crippen LogP contribution < -0.4 is 0 Å². The lowest BCUT2D eigenvalue weighted by Gasteiger charge is -2.41. The maximum atomic E-state index is 5.80. The topological polar surface area (TPSA) is 25.4 Å². The molecule has 1 saturated heterocycles. The highest BCUT2D eigenvalue weighted by atomic mass is 16.5. The van der Waals surface area contributed by atoms with Gasteiger partial charge >= 0.3 is 0 Å². The fourth-order valence-electron chi connectivity index (χ4n) is 2.73. The Labute approximate surface area is 110 Å². The van der Waals surface area contributed by atoms with Gasteiger partial charge in [-0.2, -0.15) is 0 Å². The quantitative estimate of drug-likeness (QED) is 0.819. The van der Waals surface area contributed by atoms with Crippen molar-refractivity contribution < 1.29 is 4.74 Å². The maximum Gasteiger partial charge on any atom is 0.0641 e. The van der Waals surface area contributed by atoms with E-state index >= 15 is 0 Å². The molecule has 0 amide bonds. The number of ether oxygens (including phenoxy) is 1. The van der Waals surface area contributed by atoms with E-state index in [1.165, 1.54) is 5.56 Å². The van der Waals surface area contributed by atoms with Gasteiger partial charge in [0.15, 0.2) is 0 Å². The number of nitrogens with zero attached hydrogens (tertiary/aromatic N) is 2. The molecular weight excluding hydrogens is 224 g/mol. The number of aromatic nitrogens is 1. The second kappa shape index (κ2) is 5.81. The van der Waals surface area contributed by atoms with Crippen LogP contribution in [0.1, 0.15) is 39.2 Å². The van der Waals surface area contributed by atoms with Crippen molar-refractivity contribution in [1.82, 2.24) is 9.88 Å². The molecule has 0 bridgehead atoms. The molecule has 1 aliphatic heterocycles. The van der Waals surface area contributed by atoms with Crippen LogP contribution in [0.3, 0.4) is 0 Å². The molecule has 1 aliphatic rings. The van der Waals surface area contributed by atoms with E-state index in [0.717, 1.165) is 32.5 Å². The van der Waals surface area contributed by atoms with E-state index in [1.54, 1.807) is 0 Å². The van der Waals surface area contributed by atoms with Crippen molar-refractivity contribution in [3.05, 3.63) is 30.1 Å². The van der Waals surface area contributed by atoms with Crippen molar-refractivity contribution in [3.63, 3.8) is 0 Å². The minimum Gasteiger partial charge on any atom is -0.375 e. The number of hydrogen-bond donors (Lipinski definition) is 0. The summed E-state index contributed by atoms with van der Waals surface area (Å²) in [4.78, 5) is 6.63. The predicted molar refractivity (Wildman–Crippen MR) is 73.4 cm³/mol. The van der Waals surface area contributed by atoms with Crippen LogP contribution in [0.4, 0.5) is 0 Å². The van der Waals surface area contributed by atoms with Gasteiger partial charge in [-0.1, -0.05) is 6.92 Å². The molecule has 3 nitrogen and oxygen atoms in total. The van der Waals surface area contributed by atoms with Gasteiger partial charge in [-0.25, -0.2) is 0 Å². The fraction of sp³-hybridized carbons (Fsp3) is 0.667. The van der Waals surface area contributed by atoms with Crippen LogP contribution in [0, 0.1) is 0 Å². The summed E-state index contributed by atoms with van der Waals surface area (Å²) in [5, 5.41) is 0. The molecule has 0 N–H and O–H groups in total. The van der Waals surface area contributed by atoms with Gasteiger partial charge in [0.2, 0.25) is 0 Å². The van der Waals surface area contributed by atoms with E-state index in [2.05, 4.69) is 42.8 Å². The van der Waals surface area contributed by atoms with Gasteiger partial charge in [0.1, 0.15) is 0 Å². The molecular formula is C15H24N2O. The number of pyridine rings is 1. The molecule has 0 aliphatic carbocycles. The monoisotopic (exact) mass is 248 g/mol. The van der Waals surface area contributed by atoms with Crippen LogP contribution >= 0.6 is 0 Å². The number of rotatable bonds is 4. The Morgan fingerprint density at radius 3 is 2.72 bits per heavy atom. The third-order valence-corrected chi connectivity index (χ3v) is 3.73. The van der Waals surface area contributed by atoms with Gasteiger partial charge < -0.3 is 4.74 Å². The molecule has 100 valence electrons. The first-order valence-corrected chi connectivity index (χ1v) is 6.87. The molecule has 18 heavy (non-hydrogen) atoms. The molecule has 0 radical (unpaired) electrons. The summed E-state index contributed by atoms with van der Waals surface area (Å²) in [6, 6.07) is 4.84. The molecule has 0 spiro atoms. The van der Waals surface area contributed by atoms with Crippen LogP contribution in [0.2, 0.25) is 0 Å². The molecule has 3 heteroatoms. The van der Waals surface area contributed by atoms with Crippen molar-refractivity contribution in [3.8, 4) is 0 Å². The lowest BCUT2D eigenvalue weighted by molar-refractivity contribution is -0.0838. The summed E-state index contributed by atoms with van der Waals surface area (Å²) in [6.07, 6.45) is 6.00. The van der Waals surface area contributed by atoms with Crippen molar-refractivity contribution in [2.45, 2.75) is 51.8 Å². The van der Waals surface area contributed by atoms with Crippen LogP contribution in [-0.4, -0.2) is 34.7 Å². The average Bonchev–Trinajstić information content (AvgIpc) is 2.36. The Bertz CT molecular complexity index is 364. The first kappa shape index (κ1) is 13.5. The van der Waals surface area contributed by atoms with Gasteiger partial charge in [0.25, 0.3) is 0 Å². The van der Waals surface area contributed by atoms with E-state index in [-0.39, 0.29) is 5.60 Å². The second-order valence-electron chi connectivity index (χ2n) is 5.67. The summed E-state index contributed by atoms with van der Waals surface area (Å²) in [7, 11) is 0. The number of hydrogen-bond acceptors (Lipinski definition) is 3. The Hall–Kier alpha value is -0.930. The van der Waals surface area contributed by atoms with E-state index in [0.29, 0.717) is 6.04 Å². The Morgan fingerprint density at radius 2 is 2.11 bits per heavy atom. The van der Waals surface area contributed by atoms with Crippen molar-refractivity contribution in [1.29, 1.82) is 0 Å². The zero-order valence-corrected chi connectivity index (χ0v) is 11.7. The SMILES string of the molecule is CCN(Cc1ccncc1)[C@@H]1CCOC(C)(C)C1. The molecule has 2 heterocycles. The van der Waals surface area contributed by atoms with Crippen molar-refractivity contribution >= 4 is 0 Å². The van der Waals surface area contributed by atoms with Crippen LogP contribution in [0.15, 0.2) is 24.5 Å². The standard InChI is InChI=1S/C15H24N2O/c1-4-17(12-13-5-8-16-9-6-13)14-7-10-18-15(2,3)11-14/h5-6,8-9,14H,4,7,10-12H2,1-3H3/t14-/m1/s1. The Morgan fingerprint density at radius 1 is 1.39 bits per heavy atom. The Balaban J connectivity index is 2.00. The van der Waals surface area contributed by atoms with Gasteiger partial charge in [-0.3, -0.25) is 9.88 Å². The molecule has 0 unspecified atom stereocenters. The second-order valence-corrected chi connectivity index (χ2v) is 5.67. The van der Waals surface area contributed by atoms with Gasteiger partial charge in [0, 0.05) is 31.6 Å². The summed E-state index contributed by atoms with van der Waals surface area (Å²) in [6.45, 7) is 9.61. The minimum atomic E-state index is 0.0224. The van der Waals surface area contributed by atoms with E-state index in [4.69, 9.17) is 4.74 Å². The van der Waals surface area contributed by atoms with Crippen LogP contribution in [0.25, 0.3) is 0 Å².